The average molecular weight is 498 g/mol. The van der Waals surface area contributed by atoms with E-state index in [1.165, 1.54) is 0 Å². The molecule has 36 heavy (non-hydrogen) atoms. The summed E-state index contributed by atoms with van der Waals surface area (Å²) in [4.78, 5) is 23.5. The highest BCUT2D eigenvalue weighted by molar-refractivity contribution is 6.19. The van der Waals surface area contributed by atoms with Crippen molar-refractivity contribution in [1.29, 1.82) is 0 Å². The van der Waals surface area contributed by atoms with Gasteiger partial charge in [0.15, 0.2) is 0 Å². The van der Waals surface area contributed by atoms with Gasteiger partial charge in [-0.15, -0.1) is 11.6 Å². The van der Waals surface area contributed by atoms with Gasteiger partial charge in [-0.25, -0.2) is 4.98 Å². The van der Waals surface area contributed by atoms with Crippen LogP contribution in [0.25, 0.3) is 33.2 Å². The van der Waals surface area contributed by atoms with E-state index in [1.807, 2.05) is 61.5 Å². The molecule has 0 saturated carbocycles. The van der Waals surface area contributed by atoms with Gasteiger partial charge >= 0.3 is 0 Å². The highest BCUT2D eigenvalue weighted by atomic mass is 35.5. The van der Waals surface area contributed by atoms with Crippen molar-refractivity contribution in [3.63, 3.8) is 0 Å². The lowest BCUT2D eigenvalue weighted by atomic mass is 9.92. The largest absolute Gasteiger partial charge is 0.507 e. The molecular weight excluding hydrogens is 474 g/mol. The standard InChI is InChI=1S/C29H24ClN3O3/c1-16-4-3-5-21-25(34)13-24-27(26(16)21)19(14-30)15-33(24)29(35)18-8-11-22-23(12-18)32-28(31-22)17-6-9-20(36-2)10-7-17/h3-13,19,34H,14-15H2,1-2H3,(H,31,32). The minimum absolute atomic E-state index is 0.0209. The number of aromatic hydroxyl groups is 1. The summed E-state index contributed by atoms with van der Waals surface area (Å²) < 4.78 is 5.24. The van der Waals surface area contributed by atoms with E-state index in [1.54, 1.807) is 24.1 Å². The topological polar surface area (TPSA) is 78.4 Å². The van der Waals surface area contributed by atoms with Crippen molar-refractivity contribution in [3.05, 3.63) is 83.4 Å². The van der Waals surface area contributed by atoms with Crippen molar-refractivity contribution in [2.75, 3.05) is 24.4 Å². The van der Waals surface area contributed by atoms with Gasteiger partial charge < -0.3 is 19.7 Å². The summed E-state index contributed by atoms with van der Waals surface area (Å²) in [5.41, 5.74) is 5.81. The van der Waals surface area contributed by atoms with Crippen molar-refractivity contribution in [3.8, 4) is 22.9 Å². The van der Waals surface area contributed by atoms with E-state index < -0.39 is 0 Å². The molecule has 1 aromatic heterocycles. The molecule has 0 fully saturated rings. The maximum atomic E-state index is 13.7. The van der Waals surface area contributed by atoms with Gasteiger partial charge in [0.25, 0.3) is 5.91 Å². The highest BCUT2D eigenvalue weighted by Gasteiger charge is 2.35. The first-order chi connectivity index (χ1) is 17.5. The number of phenolic OH excluding ortho intramolecular Hbond substituents is 1. The van der Waals surface area contributed by atoms with Gasteiger partial charge in [0.2, 0.25) is 0 Å². The van der Waals surface area contributed by atoms with Crippen LogP contribution in [0, 0.1) is 6.92 Å². The Bertz CT molecular complexity index is 1640. The molecule has 1 aliphatic rings. The van der Waals surface area contributed by atoms with Gasteiger partial charge in [0.05, 0.1) is 23.8 Å². The number of amides is 1. The number of hydrogen-bond acceptors (Lipinski definition) is 4. The third kappa shape index (κ3) is 3.48. The Hall–Kier alpha value is -4.03. The molecule has 1 atom stereocenters. The Labute approximate surface area is 213 Å². The summed E-state index contributed by atoms with van der Waals surface area (Å²) in [6.45, 7) is 2.48. The van der Waals surface area contributed by atoms with E-state index in [0.29, 0.717) is 23.7 Å². The van der Waals surface area contributed by atoms with Crippen molar-refractivity contribution < 1.29 is 14.6 Å². The van der Waals surface area contributed by atoms with Gasteiger partial charge in [-0.3, -0.25) is 4.79 Å². The summed E-state index contributed by atoms with van der Waals surface area (Å²) >= 11 is 6.38. The molecule has 1 aliphatic heterocycles. The van der Waals surface area contributed by atoms with Crippen molar-refractivity contribution in [1.82, 2.24) is 9.97 Å². The predicted octanol–water partition coefficient (Wildman–Crippen LogP) is 6.39. The Morgan fingerprint density at radius 1 is 1.17 bits per heavy atom. The lowest BCUT2D eigenvalue weighted by molar-refractivity contribution is 0.0988. The fourth-order valence-corrected chi connectivity index (χ4v) is 5.45. The summed E-state index contributed by atoms with van der Waals surface area (Å²) in [5.74, 6) is 1.88. The van der Waals surface area contributed by atoms with Crippen LogP contribution >= 0.6 is 11.6 Å². The van der Waals surface area contributed by atoms with Crippen LogP contribution < -0.4 is 9.64 Å². The average Bonchev–Trinajstić information content (AvgIpc) is 3.49. The maximum absolute atomic E-state index is 13.7. The van der Waals surface area contributed by atoms with E-state index in [2.05, 4.69) is 9.97 Å². The zero-order valence-corrected chi connectivity index (χ0v) is 20.6. The third-order valence-corrected chi connectivity index (χ3v) is 7.37. The molecule has 5 aromatic rings. The number of fused-ring (bicyclic) bond motifs is 4. The molecule has 2 heterocycles. The SMILES string of the molecule is COc1ccc(-c2nc3ccc(C(=O)N4CC(CCl)c5c4cc(O)c4cccc(C)c54)cc3[nH]2)cc1. The summed E-state index contributed by atoms with van der Waals surface area (Å²) in [6.07, 6.45) is 0. The first-order valence-electron chi connectivity index (χ1n) is 11.8. The van der Waals surface area contributed by atoms with Gasteiger partial charge in [0, 0.05) is 40.9 Å². The number of hydrogen-bond donors (Lipinski definition) is 2. The minimum atomic E-state index is -0.140. The fraction of sp³-hybridized carbons (Fsp3) is 0.172. The Kier molecular flexibility index (Phi) is 5.34. The van der Waals surface area contributed by atoms with Gasteiger partial charge in [0.1, 0.15) is 17.3 Å². The number of carbonyl (C=O) groups is 1. The van der Waals surface area contributed by atoms with Crippen LogP contribution in [0.2, 0.25) is 0 Å². The number of H-pyrrole nitrogens is 1. The van der Waals surface area contributed by atoms with E-state index in [9.17, 15) is 9.90 Å². The number of aryl methyl sites for hydroxylation is 1. The number of aromatic amines is 1. The van der Waals surface area contributed by atoms with Gasteiger partial charge in [-0.2, -0.15) is 0 Å². The zero-order chi connectivity index (χ0) is 25.0. The summed E-state index contributed by atoms with van der Waals surface area (Å²) in [7, 11) is 1.63. The molecule has 2 N–H and O–H groups in total. The van der Waals surface area contributed by atoms with Crippen LogP contribution in [-0.4, -0.2) is 40.5 Å². The van der Waals surface area contributed by atoms with Crippen molar-refractivity contribution >= 4 is 45.0 Å². The number of nitrogens with one attached hydrogen (secondary N) is 1. The van der Waals surface area contributed by atoms with Crippen molar-refractivity contribution in [2.24, 2.45) is 0 Å². The first kappa shape index (κ1) is 22.4. The predicted molar refractivity (Wildman–Crippen MR) is 144 cm³/mol. The number of methoxy groups -OCH3 is 1. The molecule has 6 nitrogen and oxygen atoms in total. The number of rotatable bonds is 4. The number of nitrogens with zero attached hydrogens (tertiary/aromatic N) is 2. The smallest absolute Gasteiger partial charge is 0.258 e. The zero-order valence-electron chi connectivity index (χ0n) is 19.9. The number of aromatic nitrogens is 2. The highest BCUT2D eigenvalue weighted by Crippen LogP contribution is 2.46. The van der Waals surface area contributed by atoms with Gasteiger partial charge in [-0.05, 0) is 65.9 Å². The Balaban J connectivity index is 1.40. The molecule has 1 unspecified atom stereocenters. The number of alkyl halides is 1. The van der Waals surface area contributed by atoms with Crippen molar-refractivity contribution in [2.45, 2.75) is 12.8 Å². The molecule has 6 rings (SSSR count). The number of halogens is 1. The molecular formula is C29H24ClN3O3. The van der Waals surface area contributed by atoms with E-state index in [4.69, 9.17) is 16.3 Å². The monoisotopic (exact) mass is 497 g/mol. The fourth-order valence-electron chi connectivity index (χ4n) is 5.20. The molecule has 0 bridgehead atoms. The molecule has 180 valence electrons. The third-order valence-electron chi connectivity index (χ3n) is 6.99. The van der Waals surface area contributed by atoms with Crippen LogP contribution in [0.1, 0.15) is 27.4 Å². The maximum Gasteiger partial charge on any atom is 0.258 e. The molecule has 4 aromatic carbocycles. The normalized spacial score (nSPS) is 15.0. The van der Waals surface area contributed by atoms with Crippen LogP contribution in [0.4, 0.5) is 5.69 Å². The second-order valence-electron chi connectivity index (χ2n) is 9.14. The lowest BCUT2D eigenvalue weighted by Gasteiger charge is -2.19. The molecule has 0 spiro atoms. The Morgan fingerprint density at radius 2 is 1.97 bits per heavy atom. The van der Waals surface area contributed by atoms with Crippen LogP contribution in [0.3, 0.4) is 0 Å². The second-order valence-corrected chi connectivity index (χ2v) is 9.45. The number of anilines is 1. The second kappa shape index (κ2) is 8.57. The molecule has 0 radical (unpaired) electrons. The van der Waals surface area contributed by atoms with Crippen LogP contribution in [0.5, 0.6) is 11.5 Å². The number of ether oxygens (including phenoxy) is 1. The summed E-state index contributed by atoms with van der Waals surface area (Å²) in [5, 5.41) is 12.5. The molecule has 0 saturated heterocycles. The lowest BCUT2D eigenvalue weighted by Crippen LogP contribution is -2.30. The number of phenols is 1. The van der Waals surface area contributed by atoms with E-state index >= 15 is 0 Å². The number of carbonyl (C=O) groups excluding carboxylic acids is 1. The molecule has 0 aliphatic carbocycles. The van der Waals surface area contributed by atoms with Gasteiger partial charge in [-0.1, -0.05) is 18.2 Å². The number of benzene rings is 4. The quantitative estimate of drug-likeness (QED) is 0.282. The van der Waals surface area contributed by atoms with Crippen LogP contribution in [-0.2, 0) is 0 Å². The van der Waals surface area contributed by atoms with E-state index in [-0.39, 0.29) is 17.6 Å². The molecule has 7 heteroatoms. The van der Waals surface area contributed by atoms with Crippen LogP contribution in [0.15, 0.2) is 66.7 Å². The first-order valence-corrected chi connectivity index (χ1v) is 12.3. The minimum Gasteiger partial charge on any atom is -0.507 e. The number of imidazole rings is 1. The molecule has 1 amide bonds. The van der Waals surface area contributed by atoms with E-state index in [0.717, 1.165) is 50.1 Å². The summed E-state index contributed by atoms with van der Waals surface area (Å²) in [6, 6.07) is 20.7. The Morgan fingerprint density at radius 3 is 2.72 bits per heavy atom.